The summed E-state index contributed by atoms with van der Waals surface area (Å²) in [5.41, 5.74) is 1.23. The maximum Gasteiger partial charge on any atom is 0.235 e. The zero-order chi connectivity index (χ0) is 17.9. The molecule has 1 aliphatic rings. The van der Waals surface area contributed by atoms with Gasteiger partial charge in [-0.1, -0.05) is 11.8 Å². The second-order valence-electron chi connectivity index (χ2n) is 6.20. The number of hydrogen-bond acceptors (Lipinski definition) is 7. The van der Waals surface area contributed by atoms with Crippen molar-refractivity contribution >= 4 is 23.3 Å². The summed E-state index contributed by atoms with van der Waals surface area (Å²) in [6, 6.07) is 3.72. The van der Waals surface area contributed by atoms with E-state index in [1.54, 1.807) is 23.1 Å². The Balaban J connectivity index is 1.56. The first kappa shape index (κ1) is 16.9. The molecule has 0 N–H and O–H groups in total. The number of aromatic nitrogens is 6. The molecule has 0 unspecified atom stereocenters. The summed E-state index contributed by atoms with van der Waals surface area (Å²) in [6.07, 6.45) is 8.23. The molecule has 4 rings (SSSR count). The molecule has 3 aromatic rings. The Hall–Kier alpha value is -2.55. The van der Waals surface area contributed by atoms with Gasteiger partial charge in [0.1, 0.15) is 10.7 Å². The summed E-state index contributed by atoms with van der Waals surface area (Å²) in [5.74, 6) is 0.708. The van der Waals surface area contributed by atoms with E-state index in [9.17, 15) is 4.79 Å². The number of nitrogens with zero attached hydrogens (tertiary/aromatic N) is 7. The normalized spacial score (nSPS) is 16.0. The average molecular weight is 369 g/mol. The molecule has 0 saturated carbocycles. The van der Waals surface area contributed by atoms with Crippen LogP contribution < -0.4 is 0 Å². The quantitative estimate of drug-likeness (QED) is 0.650. The highest BCUT2D eigenvalue weighted by Crippen LogP contribution is 2.25. The fourth-order valence-electron chi connectivity index (χ4n) is 3.01. The van der Waals surface area contributed by atoms with Gasteiger partial charge in [0.2, 0.25) is 11.7 Å². The predicted molar refractivity (Wildman–Crippen MR) is 97.6 cm³/mol. The van der Waals surface area contributed by atoms with Gasteiger partial charge in [-0.05, 0) is 38.3 Å². The van der Waals surface area contributed by atoms with Crippen LogP contribution in [0.15, 0.2) is 35.7 Å². The Labute approximate surface area is 155 Å². The van der Waals surface area contributed by atoms with E-state index in [1.807, 2.05) is 24.0 Å². The standard InChI is InChI=1S/C17H19N7OS/c1-12(17(25)23-9-3-2-4-10-23)26-15-6-5-14-20-21-16(24(14)22-15)13-11-18-7-8-19-13/h5-8,11-12H,2-4,9-10H2,1H3/t12-/m1/s1. The van der Waals surface area contributed by atoms with Crippen LogP contribution in [0.25, 0.3) is 17.2 Å². The summed E-state index contributed by atoms with van der Waals surface area (Å²) in [5, 5.41) is 13.4. The number of likely N-dealkylation sites (tertiary alicyclic amines) is 1. The molecule has 1 amide bonds. The van der Waals surface area contributed by atoms with Gasteiger partial charge in [0.15, 0.2) is 5.65 Å². The molecule has 134 valence electrons. The molecule has 1 saturated heterocycles. The average Bonchev–Trinajstić information content (AvgIpc) is 3.12. The van der Waals surface area contributed by atoms with Crippen molar-refractivity contribution in [1.29, 1.82) is 0 Å². The third-order valence-corrected chi connectivity index (χ3v) is 5.36. The van der Waals surface area contributed by atoms with Crippen LogP contribution in [0, 0.1) is 0 Å². The number of thioether (sulfide) groups is 1. The zero-order valence-corrected chi connectivity index (χ0v) is 15.3. The van der Waals surface area contributed by atoms with Crippen molar-refractivity contribution < 1.29 is 4.79 Å². The topological polar surface area (TPSA) is 89.2 Å². The Morgan fingerprint density at radius 3 is 2.77 bits per heavy atom. The van der Waals surface area contributed by atoms with E-state index in [1.165, 1.54) is 18.2 Å². The Kier molecular flexibility index (Phi) is 4.79. The number of amides is 1. The molecular weight excluding hydrogens is 350 g/mol. The van der Waals surface area contributed by atoms with Crippen LogP contribution in [0.4, 0.5) is 0 Å². The van der Waals surface area contributed by atoms with E-state index in [0.717, 1.165) is 31.0 Å². The number of fused-ring (bicyclic) bond motifs is 1. The minimum absolute atomic E-state index is 0.175. The summed E-state index contributed by atoms with van der Waals surface area (Å²) in [7, 11) is 0. The summed E-state index contributed by atoms with van der Waals surface area (Å²) >= 11 is 1.45. The third-order valence-electron chi connectivity index (χ3n) is 4.34. The van der Waals surface area contributed by atoms with Crippen molar-refractivity contribution in [3.05, 3.63) is 30.7 Å². The number of piperidine rings is 1. The molecule has 26 heavy (non-hydrogen) atoms. The number of carbonyl (C=O) groups excluding carboxylic acids is 1. The molecule has 3 aromatic heterocycles. The number of rotatable bonds is 4. The molecule has 0 spiro atoms. The van der Waals surface area contributed by atoms with E-state index in [-0.39, 0.29) is 11.2 Å². The van der Waals surface area contributed by atoms with Crippen LogP contribution in [-0.4, -0.2) is 58.9 Å². The predicted octanol–water partition coefficient (Wildman–Crippen LogP) is 2.07. The number of carbonyl (C=O) groups is 1. The van der Waals surface area contributed by atoms with Crippen molar-refractivity contribution in [3.8, 4) is 11.5 Å². The molecule has 0 bridgehead atoms. The fourth-order valence-corrected chi connectivity index (χ4v) is 3.90. The van der Waals surface area contributed by atoms with Gasteiger partial charge >= 0.3 is 0 Å². The van der Waals surface area contributed by atoms with Gasteiger partial charge < -0.3 is 4.90 Å². The van der Waals surface area contributed by atoms with Crippen molar-refractivity contribution in [2.45, 2.75) is 36.5 Å². The fraction of sp³-hybridized carbons (Fsp3) is 0.412. The summed E-state index contributed by atoms with van der Waals surface area (Å²) < 4.78 is 1.64. The lowest BCUT2D eigenvalue weighted by Crippen LogP contribution is -2.40. The van der Waals surface area contributed by atoms with Gasteiger partial charge in [-0.25, -0.2) is 4.98 Å². The highest BCUT2D eigenvalue weighted by molar-refractivity contribution is 8.00. The SMILES string of the molecule is C[C@@H](Sc1ccc2nnc(-c3cnccn3)n2n1)C(=O)N1CCCCC1. The molecule has 0 radical (unpaired) electrons. The summed E-state index contributed by atoms with van der Waals surface area (Å²) in [4.78, 5) is 22.9. The molecule has 0 aliphatic carbocycles. The van der Waals surface area contributed by atoms with E-state index >= 15 is 0 Å². The lowest BCUT2D eigenvalue weighted by molar-refractivity contribution is -0.131. The highest BCUT2D eigenvalue weighted by Gasteiger charge is 2.23. The first-order chi connectivity index (χ1) is 12.7. The van der Waals surface area contributed by atoms with Crippen LogP contribution in [0.2, 0.25) is 0 Å². The maximum atomic E-state index is 12.6. The second kappa shape index (κ2) is 7.36. The van der Waals surface area contributed by atoms with Gasteiger partial charge in [-0.15, -0.1) is 10.2 Å². The van der Waals surface area contributed by atoms with E-state index in [0.29, 0.717) is 17.2 Å². The van der Waals surface area contributed by atoms with Gasteiger partial charge in [0.05, 0.1) is 11.4 Å². The molecule has 1 atom stereocenters. The van der Waals surface area contributed by atoms with Crippen molar-refractivity contribution in [2.75, 3.05) is 13.1 Å². The molecule has 9 heteroatoms. The van der Waals surface area contributed by atoms with Crippen molar-refractivity contribution in [3.63, 3.8) is 0 Å². The molecule has 1 fully saturated rings. The van der Waals surface area contributed by atoms with Crippen LogP contribution in [0.1, 0.15) is 26.2 Å². The van der Waals surface area contributed by atoms with Gasteiger partial charge in [-0.2, -0.15) is 9.61 Å². The lowest BCUT2D eigenvalue weighted by Gasteiger charge is -2.28. The first-order valence-corrected chi connectivity index (χ1v) is 9.54. The monoisotopic (exact) mass is 369 g/mol. The molecule has 8 nitrogen and oxygen atoms in total. The molecular formula is C17H19N7OS. The number of hydrogen-bond donors (Lipinski definition) is 0. The lowest BCUT2D eigenvalue weighted by atomic mass is 10.1. The van der Waals surface area contributed by atoms with Crippen LogP contribution >= 0.6 is 11.8 Å². The van der Waals surface area contributed by atoms with Gasteiger partial charge in [0.25, 0.3) is 0 Å². The highest BCUT2D eigenvalue weighted by atomic mass is 32.2. The van der Waals surface area contributed by atoms with E-state index < -0.39 is 0 Å². The molecule has 4 heterocycles. The van der Waals surface area contributed by atoms with E-state index in [2.05, 4.69) is 25.3 Å². The Bertz CT molecular complexity index is 908. The van der Waals surface area contributed by atoms with Gasteiger partial charge in [0, 0.05) is 25.5 Å². The van der Waals surface area contributed by atoms with Gasteiger partial charge in [-0.3, -0.25) is 9.78 Å². The van der Waals surface area contributed by atoms with Crippen LogP contribution in [0.5, 0.6) is 0 Å². The Morgan fingerprint density at radius 1 is 1.15 bits per heavy atom. The first-order valence-electron chi connectivity index (χ1n) is 8.66. The maximum absolute atomic E-state index is 12.6. The summed E-state index contributed by atoms with van der Waals surface area (Å²) in [6.45, 7) is 3.65. The van der Waals surface area contributed by atoms with E-state index in [4.69, 9.17) is 0 Å². The Morgan fingerprint density at radius 2 is 2.00 bits per heavy atom. The third kappa shape index (κ3) is 3.39. The molecule has 0 aromatic carbocycles. The largest absolute Gasteiger partial charge is 0.342 e. The second-order valence-corrected chi connectivity index (χ2v) is 7.56. The zero-order valence-electron chi connectivity index (χ0n) is 14.4. The smallest absolute Gasteiger partial charge is 0.235 e. The van der Waals surface area contributed by atoms with Crippen molar-refractivity contribution in [1.82, 2.24) is 34.7 Å². The molecule has 1 aliphatic heterocycles. The van der Waals surface area contributed by atoms with Crippen LogP contribution in [0.3, 0.4) is 0 Å². The minimum Gasteiger partial charge on any atom is -0.342 e. The minimum atomic E-state index is -0.186. The van der Waals surface area contributed by atoms with Crippen molar-refractivity contribution in [2.24, 2.45) is 0 Å². The van der Waals surface area contributed by atoms with Crippen LogP contribution in [-0.2, 0) is 4.79 Å².